The molecule has 5 nitrogen and oxygen atoms in total. The number of benzene rings is 2. The Kier molecular flexibility index (Phi) is 2.78. The molecule has 5 heteroatoms. The van der Waals surface area contributed by atoms with Gasteiger partial charge in [-0.2, -0.15) is 0 Å². The van der Waals surface area contributed by atoms with Crippen LogP contribution in [0.2, 0.25) is 0 Å². The third-order valence-corrected chi connectivity index (χ3v) is 4.29. The van der Waals surface area contributed by atoms with Gasteiger partial charge in [0, 0.05) is 5.39 Å². The molecule has 0 bridgehead atoms. The van der Waals surface area contributed by atoms with E-state index < -0.39 is 11.5 Å². The lowest BCUT2D eigenvalue weighted by Crippen LogP contribution is -2.48. The number of aromatic nitrogens is 1. The maximum Gasteiger partial charge on any atom is 0.342 e. The van der Waals surface area contributed by atoms with E-state index in [0.29, 0.717) is 11.3 Å². The highest BCUT2D eigenvalue weighted by Crippen LogP contribution is 2.38. The topological polar surface area (TPSA) is 60.3 Å². The van der Waals surface area contributed by atoms with Crippen LogP contribution in [0.4, 0.5) is 4.79 Å². The zero-order valence-electron chi connectivity index (χ0n) is 12.4. The van der Waals surface area contributed by atoms with Crippen LogP contribution < -0.4 is 5.32 Å². The molecule has 23 heavy (non-hydrogen) atoms. The largest absolute Gasteiger partial charge is 0.467 e. The maximum atomic E-state index is 12.7. The van der Waals surface area contributed by atoms with Gasteiger partial charge in [0.25, 0.3) is 0 Å². The molecule has 1 aromatic heterocycles. The quantitative estimate of drug-likeness (QED) is 0.740. The molecular weight excluding hydrogens is 292 g/mol. The molecule has 0 aliphatic carbocycles. The highest BCUT2D eigenvalue weighted by atomic mass is 16.5. The van der Waals surface area contributed by atoms with Gasteiger partial charge in [-0.05, 0) is 17.7 Å². The average molecular weight is 306 g/mol. The summed E-state index contributed by atoms with van der Waals surface area (Å²) >= 11 is 0. The van der Waals surface area contributed by atoms with Crippen molar-refractivity contribution in [2.24, 2.45) is 0 Å². The van der Waals surface area contributed by atoms with Gasteiger partial charge in [-0.15, -0.1) is 0 Å². The lowest BCUT2D eigenvalue weighted by molar-refractivity contribution is -0.146. The van der Waals surface area contributed by atoms with Crippen LogP contribution in [0, 0.1) is 0 Å². The standard InChI is InChI=1S/C18H14N2O3/c1-23-16(21)18(13-8-3-2-4-9-13)15-11-12-7-5-6-10-14(12)20(15)17(22)19-18/h2-11H,1H3,(H,19,22)/t18-/m0/s1. The number of carbonyl (C=O) groups is 2. The van der Waals surface area contributed by atoms with E-state index in [9.17, 15) is 9.59 Å². The smallest absolute Gasteiger partial charge is 0.342 e. The Morgan fingerprint density at radius 3 is 2.52 bits per heavy atom. The van der Waals surface area contributed by atoms with Crippen LogP contribution in [0.25, 0.3) is 10.9 Å². The van der Waals surface area contributed by atoms with E-state index in [1.165, 1.54) is 7.11 Å². The van der Waals surface area contributed by atoms with E-state index in [4.69, 9.17) is 4.74 Å². The van der Waals surface area contributed by atoms with Gasteiger partial charge in [0.05, 0.1) is 18.3 Å². The Hall–Kier alpha value is -3.08. The fraction of sp³-hybridized carbons (Fsp3) is 0.111. The molecule has 1 aliphatic rings. The number of nitrogens with zero attached hydrogens (tertiary/aromatic N) is 1. The number of hydrogen-bond donors (Lipinski definition) is 1. The van der Waals surface area contributed by atoms with Crippen molar-refractivity contribution >= 4 is 22.9 Å². The predicted octanol–water partition coefficient (Wildman–Crippen LogP) is 2.63. The van der Waals surface area contributed by atoms with Gasteiger partial charge in [0.15, 0.2) is 0 Å². The highest BCUT2D eigenvalue weighted by molar-refractivity contribution is 6.03. The Balaban J connectivity index is 2.08. The molecule has 0 fully saturated rings. The molecule has 2 heterocycles. The molecule has 0 radical (unpaired) electrons. The number of carbonyl (C=O) groups excluding carboxylic acids is 2. The van der Waals surface area contributed by atoms with Crippen molar-refractivity contribution in [2.45, 2.75) is 5.54 Å². The van der Waals surface area contributed by atoms with Crippen molar-refractivity contribution in [2.75, 3.05) is 7.11 Å². The Bertz CT molecular complexity index is 930. The summed E-state index contributed by atoms with van der Waals surface area (Å²) in [6.07, 6.45) is 0. The Morgan fingerprint density at radius 1 is 1.09 bits per heavy atom. The molecule has 1 N–H and O–H groups in total. The van der Waals surface area contributed by atoms with E-state index in [-0.39, 0.29) is 6.03 Å². The summed E-state index contributed by atoms with van der Waals surface area (Å²) in [5.41, 5.74) is 0.678. The van der Waals surface area contributed by atoms with E-state index >= 15 is 0 Å². The van der Waals surface area contributed by atoms with Gasteiger partial charge >= 0.3 is 12.0 Å². The number of nitrogens with one attached hydrogen (secondary N) is 1. The van der Waals surface area contributed by atoms with Crippen LogP contribution in [0.1, 0.15) is 11.3 Å². The molecule has 0 unspecified atom stereocenters. The minimum Gasteiger partial charge on any atom is -0.467 e. The van der Waals surface area contributed by atoms with Gasteiger partial charge in [0.2, 0.25) is 5.54 Å². The van der Waals surface area contributed by atoms with Crippen molar-refractivity contribution in [3.05, 3.63) is 71.9 Å². The zero-order chi connectivity index (χ0) is 16.0. The van der Waals surface area contributed by atoms with Crippen LogP contribution in [0.3, 0.4) is 0 Å². The zero-order valence-corrected chi connectivity index (χ0v) is 12.4. The first-order chi connectivity index (χ1) is 11.2. The van der Waals surface area contributed by atoms with Crippen molar-refractivity contribution in [3.63, 3.8) is 0 Å². The van der Waals surface area contributed by atoms with E-state index in [2.05, 4.69) is 5.32 Å². The van der Waals surface area contributed by atoms with Crippen molar-refractivity contribution < 1.29 is 14.3 Å². The number of ether oxygens (including phenoxy) is 1. The molecule has 1 aliphatic heterocycles. The first-order valence-corrected chi connectivity index (χ1v) is 7.26. The third-order valence-electron chi connectivity index (χ3n) is 4.29. The predicted molar refractivity (Wildman–Crippen MR) is 85.1 cm³/mol. The molecule has 114 valence electrons. The monoisotopic (exact) mass is 306 g/mol. The van der Waals surface area contributed by atoms with Crippen LogP contribution >= 0.6 is 0 Å². The highest BCUT2D eigenvalue weighted by Gasteiger charge is 2.52. The lowest BCUT2D eigenvalue weighted by atomic mass is 9.87. The molecule has 4 rings (SSSR count). The SMILES string of the molecule is COC(=O)[C@@]1(c2ccccc2)NC(=O)n2c1cc1ccccc12. The molecule has 2 aromatic carbocycles. The van der Waals surface area contributed by atoms with E-state index in [1.54, 1.807) is 4.57 Å². The van der Waals surface area contributed by atoms with Gasteiger partial charge in [0.1, 0.15) is 0 Å². The van der Waals surface area contributed by atoms with Crippen LogP contribution in [0.5, 0.6) is 0 Å². The average Bonchev–Trinajstić information content (AvgIpc) is 3.11. The normalized spacial score (nSPS) is 19.4. The van der Waals surface area contributed by atoms with Crippen molar-refractivity contribution in [1.82, 2.24) is 9.88 Å². The molecule has 1 atom stereocenters. The van der Waals surface area contributed by atoms with Gasteiger partial charge < -0.3 is 10.1 Å². The first-order valence-electron chi connectivity index (χ1n) is 7.26. The second kappa shape index (κ2) is 4.71. The fourth-order valence-corrected chi connectivity index (χ4v) is 3.26. The Labute approximate surface area is 132 Å². The third kappa shape index (κ3) is 1.67. The first kappa shape index (κ1) is 13.6. The minimum atomic E-state index is -1.33. The van der Waals surface area contributed by atoms with Gasteiger partial charge in [-0.3, -0.25) is 4.57 Å². The molecular formula is C18H14N2O3. The fourth-order valence-electron chi connectivity index (χ4n) is 3.26. The van der Waals surface area contributed by atoms with E-state index in [0.717, 1.165) is 10.9 Å². The number of para-hydroxylation sites is 1. The minimum absolute atomic E-state index is 0.338. The summed E-state index contributed by atoms with van der Waals surface area (Å²) in [6.45, 7) is 0. The molecule has 1 amide bonds. The number of hydrogen-bond acceptors (Lipinski definition) is 3. The van der Waals surface area contributed by atoms with Crippen LogP contribution in [0.15, 0.2) is 60.7 Å². The summed E-state index contributed by atoms with van der Waals surface area (Å²) in [5.74, 6) is -0.515. The number of esters is 1. The summed E-state index contributed by atoms with van der Waals surface area (Å²) in [4.78, 5) is 25.3. The van der Waals surface area contributed by atoms with Crippen LogP contribution in [-0.4, -0.2) is 23.7 Å². The second-order valence-electron chi connectivity index (χ2n) is 5.46. The molecule has 0 spiro atoms. The van der Waals surface area contributed by atoms with Crippen molar-refractivity contribution in [3.8, 4) is 0 Å². The number of methoxy groups -OCH3 is 1. The summed E-state index contributed by atoms with van der Waals surface area (Å²) in [5, 5.41) is 3.73. The van der Waals surface area contributed by atoms with Gasteiger partial charge in [-0.25, -0.2) is 9.59 Å². The molecule has 3 aromatic rings. The summed E-state index contributed by atoms with van der Waals surface area (Å²) in [7, 11) is 1.32. The lowest BCUT2D eigenvalue weighted by Gasteiger charge is -2.26. The summed E-state index contributed by atoms with van der Waals surface area (Å²) < 4.78 is 6.57. The number of rotatable bonds is 2. The number of amides is 1. The Morgan fingerprint density at radius 2 is 1.78 bits per heavy atom. The van der Waals surface area contributed by atoms with Gasteiger partial charge in [-0.1, -0.05) is 48.5 Å². The molecule has 0 saturated carbocycles. The maximum absolute atomic E-state index is 12.7. The summed E-state index contributed by atoms with van der Waals surface area (Å²) in [6, 6.07) is 18.2. The van der Waals surface area contributed by atoms with Crippen molar-refractivity contribution in [1.29, 1.82) is 0 Å². The van der Waals surface area contributed by atoms with E-state index in [1.807, 2.05) is 60.7 Å². The number of fused-ring (bicyclic) bond motifs is 3. The van der Waals surface area contributed by atoms with Crippen LogP contribution in [-0.2, 0) is 15.1 Å². The molecule has 0 saturated heterocycles. The second-order valence-corrected chi connectivity index (χ2v) is 5.46.